The van der Waals surface area contributed by atoms with E-state index in [2.05, 4.69) is 5.18 Å². The van der Waals surface area contributed by atoms with Crippen molar-refractivity contribution in [3.8, 4) is 0 Å². The Kier molecular flexibility index (Phi) is 3.35. The van der Waals surface area contributed by atoms with Crippen molar-refractivity contribution in [2.45, 2.75) is 32.2 Å². The monoisotopic (exact) mass is 205 g/mol. The fourth-order valence-electron chi connectivity index (χ4n) is 1.84. The summed E-state index contributed by atoms with van der Waals surface area (Å²) in [6.45, 7) is 4.85. The zero-order valence-corrected chi connectivity index (χ0v) is 9.23. The average Bonchev–Trinajstić information content (AvgIpc) is 2.18. The molecule has 0 saturated carbocycles. The number of carbonyl (C=O) groups excluding carboxylic acids is 1. The lowest BCUT2D eigenvalue weighted by Gasteiger charge is -2.25. The Morgan fingerprint density at radius 1 is 1.27 bits per heavy atom. The summed E-state index contributed by atoms with van der Waals surface area (Å²) in [4.78, 5) is 22.3. The number of benzene rings is 1. The second-order valence-corrected chi connectivity index (χ2v) is 4.20. The van der Waals surface area contributed by atoms with Gasteiger partial charge in [-0.3, -0.25) is 4.79 Å². The van der Waals surface area contributed by atoms with Crippen LogP contribution in [0.3, 0.4) is 0 Å². The predicted octanol–water partition coefficient (Wildman–Crippen LogP) is 2.90. The van der Waals surface area contributed by atoms with Gasteiger partial charge in [-0.15, -0.1) is 0 Å². The highest BCUT2D eigenvalue weighted by Crippen LogP contribution is 2.31. The molecular weight excluding hydrogens is 190 g/mol. The third-order valence-electron chi connectivity index (χ3n) is 2.48. The van der Waals surface area contributed by atoms with Crippen LogP contribution in [0.5, 0.6) is 0 Å². The third kappa shape index (κ3) is 2.49. The minimum absolute atomic E-state index is 0.0363. The van der Waals surface area contributed by atoms with E-state index in [1.54, 1.807) is 13.8 Å². The number of ketones is 1. The molecular formula is C12H15NO2. The van der Waals surface area contributed by atoms with Crippen LogP contribution in [0.1, 0.15) is 32.3 Å². The van der Waals surface area contributed by atoms with Crippen LogP contribution < -0.4 is 0 Å². The van der Waals surface area contributed by atoms with Gasteiger partial charge >= 0.3 is 0 Å². The quantitative estimate of drug-likeness (QED) is 0.709. The Morgan fingerprint density at radius 3 is 2.20 bits per heavy atom. The fraction of sp³-hybridized carbons (Fsp3) is 0.417. The molecule has 1 aromatic rings. The van der Waals surface area contributed by atoms with Crippen LogP contribution >= 0.6 is 0 Å². The first-order chi connectivity index (χ1) is 6.99. The first-order valence-corrected chi connectivity index (χ1v) is 4.89. The molecule has 0 radical (unpaired) electrons. The van der Waals surface area contributed by atoms with Gasteiger partial charge in [0.1, 0.15) is 11.3 Å². The molecule has 0 aliphatic rings. The fourth-order valence-corrected chi connectivity index (χ4v) is 1.84. The summed E-state index contributed by atoms with van der Waals surface area (Å²) in [5.41, 5.74) is -0.0534. The van der Waals surface area contributed by atoms with Gasteiger partial charge in [0.2, 0.25) is 0 Å². The predicted molar refractivity (Wildman–Crippen MR) is 59.7 cm³/mol. The van der Waals surface area contributed by atoms with Crippen molar-refractivity contribution in [2.75, 3.05) is 0 Å². The topological polar surface area (TPSA) is 46.5 Å². The van der Waals surface area contributed by atoms with Crippen LogP contribution in [0.4, 0.5) is 0 Å². The first-order valence-electron chi connectivity index (χ1n) is 4.89. The molecule has 0 heterocycles. The average molecular weight is 205 g/mol. The summed E-state index contributed by atoms with van der Waals surface area (Å²) < 4.78 is 0. The zero-order chi connectivity index (χ0) is 11.5. The molecule has 0 saturated heterocycles. The Morgan fingerprint density at radius 2 is 1.80 bits per heavy atom. The van der Waals surface area contributed by atoms with E-state index in [0.29, 0.717) is 0 Å². The molecule has 15 heavy (non-hydrogen) atoms. The van der Waals surface area contributed by atoms with E-state index in [9.17, 15) is 9.70 Å². The number of hydrogen-bond acceptors (Lipinski definition) is 3. The molecule has 1 rings (SSSR count). The van der Waals surface area contributed by atoms with Gasteiger partial charge in [0, 0.05) is 0 Å². The molecule has 3 heteroatoms. The number of rotatable bonds is 4. The van der Waals surface area contributed by atoms with Gasteiger partial charge in [-0.25, -0.2) is 0 Å². The van der Waals surface area contributed by atoms with Crippen LogP contribution in [0.2, 0.25) is 0 Å². The molecule has 1 atom stereocenters. The lowest BCUT2D eigenvalue weighted by Crippen LogP contribution is -2.31. The third-order valence-corrected chi connectivity index (χ3v) is 2.48. The smallest absolute Gasteiger partial charge is 0.139 e. The highest BCUT2D eigenvalue weighted by molar-refractivity contribution is 5.85. The highest BCUT2D eigenvalue weighted by Gasteiger charge is 2.35. The van der Waals surface area contributed by atoms with Gasteiger partial charge in [0.15, 0.2) is 0 Å². The maximum Gasteiger partial charge on any atom is 0.139 e. The van der Waals surface area contributed by atoms with Crippen molar-refractivity contribution in [3.63, 3.8) is 0 Å². The Hall–Kier alpha value is -1.51. The SMILES string of the molecule is CC(=O)C(c1ccccc1)C(C)(C)N=O. The summed E-state index contributed by atoms with van der Waals surface area (Å²) >= 11 is 0. The van der Waals surface area contributed by atoms with Crippen LogP contribution in [0.15, 0.2) is 35.5 Å². The summed E-state index contributed by atoms with van der Waals surface area (Å²) in [6.07, 6.45) is 0. The molecule has 0 aromatic heterocycles. The summed E-state index contributed by atoms with van der Waals surface area (Å²) in [5, 5.41) is 3.05. The van der Waals surface area contributed by atoms with Crippen LogP contribution in [0, 0.1) is 4.91 Å². The van der Waals surface area contributed by atoms with Crippen molar-refractivity contribution in [2.24, 2.45) is 5.18 Å². The lowest BCUT2D eigenvalue weighted by atomic mass is 9.80. The van der Waals surface area contributed by atoms with E-state index in [1.165, 1.54) is 6.92 Å². The van der Waals surface area contributed by atoms with Gasteiger partial charge < -0.3 is 0 Å². The minimum atomic E-state index is -0.896. The first kappa shape index (κ1) is 11.6. The van der Waals surface area contributed by atoms with Crippen molar-refractivity contribution < 1.29 is 4.79 Å². The lowest BCUT2D eigenvalue weighted by molar-refractivity contribution is -0.119. The minimum Gasteiger partial charge on any atom is -0.299 e. The molecule has 1 aromatic carbocycles. The van der Waals surface area contributed by atoms with Crippen molar-refractivity contribution in [1.82, 2.24) is 0 Å². The number of carbonyl (C=O) groups is 1. The maximum absolute atomic E-state index is 11.6. The maximum atomic E-state index is 11.6. The van der Waals surface area contributed by atoms with E-state index in [0.717, 1.165) is 5.56 Å². The van der Waals surface area contributed by atoms with Gasteiger partial charge in [0.05, 0.1) is 5.92 Å². The molecule has 0 fully saturated rings. The Balaban J connectivity index is 3.15. The molecule has 0 amide bonds. The molecule has 0 spiro atoms. The zero-order valence-electron chi connectivity index (χ0n) is 9.23. The number of nitrogens with zero attached hydrogens (tertiary/aromatic N) is 1. The number of hydrogen-bond donors (Lipinski definition) is 0. The van der Waals surface area contributed by atoms with Crippen molar-refractivity contribution in [1.29, 1.82) is 0 Å². The Bertz CT molecular complexity index is 357. The van der Waals surface area contributed by atoms with E-state index in [4.69, 9.17) is 0 Å². The highest BCUT2D eigenvalue weighted by atomic mass is 16.3. The van der Waals surface area contributed by atoms with Crippen LogP contribution in [-0.4, -0.2) is 11.3 Å². The van der Waals surface area contributed by atoms with Gasteiger partial charge in [0.25, 0.3) is 0 Å². The standard InChI is InChI=1S/C12H15NO2/c1-9(14)11(12(2,3)13-15)10-7-5-4-6-8-10/h4-8,11H,1-3H3. The molecule has 0 bridgehead atoms. The molecule has 0 aliphatic carbocycles. The van der Waals surface area contributed by atoms with E-state index in [-0.39, 0.29) is 5.78 Å². The van der Waals surface area contributed by atoms with Crippen LogP contribution in [0.25, 0.3) is 0 Å². The van der Waals surface area contributed by atoms with Crippen molar-refractivity contribution >= 4 is 5.78 Å². The second kappa shape index (κ2) is 4.34. The Labute approximate surface area is 89.5 Å². The van der Waals surface area contributed by atoms with E-state index in [1.807, 2.05) is 30.3 Å². The molecule has 0 aliphatic heterocycles. The molecule has 0 N–H and O–H groups in total. The largest absolute Gasteiger partial charge is 0.299 e. The molecule has 1 unspecified atom stereocenters. The second-order valence-electron chi connectivity index (χ2n) is 4.20. The van der Waals surface area contributed by atoms with E-state index < -0.39 is 11.5 Å². The summed E-state index contributed by atoms with van der Waals surface area (Å²) in [5.74, 6) is -0.498. The summed E-state index contributed by atoms with van der Waals surface area (Å²) in [6, 6.07) is 9.28. The van der Waals surface area contributed by atoms with Gasteiger partial charge in [-0.1, -0.05) is 35.5 Å². The number of nitroso groups, excluding NO2 is 1. The van der Waals surface area contributed by atoms with Crippen molar-refractivity contribution in [3.05, 3.63) is 40.8 Å². The van der Waals surface area contributed by atoms with Gasteiger partial charge in [-0.05, 0) is 26.3 Å². The van der Waals surface area contributed by atoms with E-state index >= 15 is 0 Å². The normalized spacial score (nSPS) is 13.3. The molecule has 3 nitrogen and oxygen atoms in total. The van der Waals surface area contributed by atoms with Crippen LogP contribution in [-0.2, 0) is 4.79 Å². The summed E-state index contributed by atoms with van der Waals surface area (Å²) in [7, 11) is 0. The van der Waals surface area contributed by atoms with Gasteiger partial charge in [-0.2, -0.15) is 4.91 Å². The molecule has 80 valence electrons. The number of Topliss-reactive ketones (excluding diaryl/α,β-unsaturated/α-hetero) is 1.